The van der Waals surface area contributed by atoms with Gasteiger partial charge < -0.3 is 10.6 Å². The number of piperidine rings is 1. The molecule has 1 aromatic heterocycles. The van der Waals surface area contributed by atoms with E-state index in [0.29, 0.717) is 12.5 Å². The van der Waals surface area contributed by atoms with Gasteiger partial charge in [-0.25, -0.2) is 4.98 Å². The van der Waals surface area contributed by atoms with Gasteiger partial charge in [0.25, 0.3) is 0 Å². The molecule has 0 aliphatic carbocycles. The van der Waals surface area contributed by atoms with Crippen molar-refractivity contribution in [3.05, 3.63) is 12.7 Å². The van der Waals surface area contributed by atoms with E-state index in [1.807, 2.05) is 23.4 Å². The van der Waals surface area contributed by atoms with Crippen LogP contribution in [0.1, 0.15) is 26.7 Å². The third kappa shape index (κ3) is 3.32. The normalized spacial score (nSPS) is 20.6. The number of hydrogen-bond donors (Lipinski definition) is 1. The van der Waals surface area contributed by atoms with Gasteiger partial charge in [-0.2, -0.15) is 5.10 Å². The SMILES string of the molecule is CC(C)(CN)C(=O)N1CCC[C@@H](Cn2cncn2)C1. The third-order valence-corrected chi connectivity index (χ3v) is 3.81. The average molecular weight is 265 g/mol. The van der Waals surface area contributed by atoms with E-state index >= 15 is 0 Å². The van der Waals surface area contributed by atoms with Crippen LogP contribution in [0.4, 0.5) is 0 Å². The molecule has 0 bridgehead atoms. The fraction of sp³-hybridized carbons (Fsp3) is 0.769. The zero-order chi connectivity index (χ0) is 13.9. The van der Waals surface area contributed by atoms with Crippen molar-refractivity contribution in [2.24, 2.45) is 17.1 Å². The zero-order valence-electron chi connectivity index (χ0n) is 11.7. The van der Waals surface area contributed by atoms with Gasteiger partial charge in [-0.15, -0.1) is 0 Å². The molecular weight excluding hydrogens is 242 g/mol. The number of nitrogens with two attached hydrogens (primary N) is 1. The molecule has 1 aliphatic rings. The van der Waals surface area contributed by atoms with E-state index in [1.165, 1.54) is 0 Å². The van der Waals surface area contributed by atoms with Crippen LogP contribution >= 0.6 is 0 Å². The van der Waals surface area contributed by atoms with Crippen LogP contribution in [0.5, 0.6) is 0 Å². The summed E-state index contributed by atoms with van der Waals surface area (Å²) in [6.45, 7) is 6.67. The predicted molar refractivity (Wildman–Crippen MR) is 72.2 cm³/mol. The third-order valence-electron chi connectivity index (χ3n) is 3.81. The Kier molecular flexibility index (Phi) is 4.19. The molecule has 1 saturated heterocycles. The second-order valence-electron chi connectivity index (χ2n) is 5.96. The molecule has 1 atom stereocenters. The molecule has 0 radical (unpaired) electrons. The molecule has 2 heterocycles. The largest absolute Gasteiger partial charge is 0.342 e. The van der Waals surface area contributed by atoms with Crippen molar-refractivity contribution >= 4 is 5.91 Å². The van der Waals surface area contributed by atoms with Crippen molar-refractivity contribution in [3.8, 4) is 0 Å². The Hall–Kier alpha value is -1.43. The van der Waals surface area contributed by atoms with Gasteiger partial charge in [0.05, 0.1) is 5.41 Å². The lowest BCUT2D eigenvalue weighted by atomic mass is 9.89. The first-order valence-corrected chi connectivity index (χ1v) is 6.85. The van der Waals surface area contributed by atoms with E-state index in [9.17, 15) is 4.79 Å². The second kappa shape index (κ2) is 5.69. The molecule has 1 amide bonds. The van der Waals surface area contributed by atoms with E-state index in [4.69, 9.17) is 5.73 Å². The number of nitrogens with zero attached hydrogens (tertiary/aromatic N) is 4. The van der Waals surface area contributed by atoms with Crippen LogP contribution in [0.2, 0.25) is 0 Å². The van der Waals surface area contributed by atoms with Crippen LogP contribution in [-0.4, -0.2) is 45.2 Å². The highest BCUT2D eigenvalue weighted by Gasteiger charge is 2.33. The van der Waals surface area contributed by atoms with Crippen LogP contribution in [0.15, 0.2) is 12.7 Å². The average Bonchev–Trinajstić information content (AvgIpc) is 2.91. The highest BCUT2D eigenvalue weighted by Crippen LogP contribution is 2.23. The molecule has 0 spiro atoms. The Morgan fingerprint density at radius 1 is 1.53 bits per heavy atom. The molecular formula is C13H23N5O. The summed E-state index contributed by atoms with van der Waals surface area (Å²) in [6, 6.07) is 0. The number of hydrogen-bond acceptors (Lipinski definition) is 4. The van der Waals surface area contributed by atoms with Crippen molar-refractivity contribution in [1.29, 1.82) is 0 Å². The molecule has 2 N–H and O–H groups in total. The maximum atomic E-state index is 12.4. The number of carbonyl (C=O) groups is 1. The van der Waals surface area contributed by atoms with Crippen LogP contribution < -0.4 is 5.73 Å². The van der Waals surface area contributed by atoms with E-state index in [1.54, 1.807) is 12.7 Å². The number of rotatable bonds is 4. The maximum absolute atomic E-state index is 12.4. The molecule has 6 heteroatoms. The molecule has 0 unspecified atom stereocenters. The standard InChI is InChI=1S/C13H23N5O/c1-13(2,8-14)12(19)17-5-3-4-11(6-17)7-18-10-15-9-16-18/h9-11H,3-8,14H2,1-2H3/t11-/m1/s1. The molecule has 6 nitrogen and oxygen atoms in total. The quantitative estimate of drug-likeness (QED) is 0.860. The lowest BCUT2D eigenvalue weighted by molar-refractivity contribution is -0.141. The fourth-order valence-electron chi connectivity index (χ4n) is 2.51. The van der Waals surface area contributed by atoms with Crippen molar-refractivity contribution in [2.45, 2.75) is 33.2 Å². The highest BCUT2D eigenvalue weighted by atomic mass is 16.2. The topological polar surface area (TPSA) is 77.0 Å². The minimum absolute atomic E-state index is 0.165. The Morgan fingerprint density at radius 3 is 2.95 bits per heavy atom. The molecule has 0 saturated carbocycles. The first-order chi connectivity index (χ1) is 9.03. The first kappa shape index (κ1) is 14.0. The predicted octanol–water partition coefficient (Wildman–Crippen LogP) is 0.502. The van der Waals surface area contributed by atoms with Crippen LogP contribution in [-0.2, 0) is 11.3 Å². The van der Waals surface area contributed by atoms with Gasteiger partial charge in [0.15, 0.2) is 0 Å². The molecule has 2 rings (SSSR count). The number of carbonyl (C=O) groups excluding carboxylic acids is 1. The summed E-state index contributed by atoms with van der Waals surface area (Å²) in [5.74, 6) is 0.617. The second-order valence-corrected chi connectivity index (χ2v) is 5.96. The van der Waals surface area contributed by atoms with Gasteiger partial charge >= 0.3 is 0 Å². The summed E-state index contributed by atoms with van der Waals surface area (Å²) in [5.41, 5.74) is 5.23. The van der Waals surface area contributed by atoms with Crippen LogP contribution in [0.25, 0.3) is 0 Å². The minimum atomic E-state index is -0.463. The summed E-state index contributed by atoms with van der Waals surface area (Å²) < 4.78 is 1.84. The van der Waals surface area contributed by atoms with E-state index in [0.717, 1.165) is 32.5 Å². The van der Waals surface area contributed by atoms with Gasteiger partial charge in [0, 0.05) is 26.2 Å². The van der Waals surface area contributed by atoms with Gasteiger partial charge in [0.1, 0.15) is 12.7 Å². The van der Waals surface area contributed by atoms with Crippen molar-refractivity contribution in [2.75, 3.05) is 19.6 Å². The molecule has 106 valence electrons. The lowest BCUT2D eigenvalue weighted by Gasteiger charge is -2.37. The van der Waals surface area contributed by atoms with E-state index in [-0.39, 0.29) is 5.91 Å². The molecule has 0 aromatic carbocycles. The fourth-order valence-corrected chi connectivity index (χ4v) is 2.51. The number of likely N-dealkylation sites (tertiary alicyclic amines) is 1. The summed E-state index contributed by atoms with van der Waals surface area (Å²) in [7, 11) is 0. The molecule has 19 heavy (non-hydrogen) atoms. The smallest absolute Gasteiger partial charge is 0.229 e. The maximum Gasteiger partial charge on any atom is 0.229 e. The Balaban J connectivity index is 1.95. The Morgan fingerprint density at radius 2 is 2.32 bits per heavy atom. The highest BCUT2D eigenvalue weighted by molar-refractivity contribution is 5.82. The summed E-state index contributed by atoms with van der Waals surface area (Å²) in [4.78, 5) is 18.3. The zero-order valence-corrected chi connectivity index (χ0v) is 11.7. The van der Waals surface area contributed by atoms with Crippen LogP contribution in [0.3, 0.4) is 0 Å². The van der Waals surface area contributed by atoms with E-state index < -0.39 is 5.41 Å². The van der Waals surface area contributed by atoms with E-state index in [2.05, 4.69) is 10.1 Å². The Labute approximate surface area is 114 Å². The van der Waals surface area contributed by atoms with Gasteiger partial charge in [-0.1, -0.05) is 0 Å². The van der Waals surface area contributed by atoms with Crippen molar-refractivity contribution in [1.82, 2.24) is 19.7 Å². The monoisotopic (exact) mass is 265 g/mol. The first-order valence-electron chi connectivity index (χ1n) is 6.85. The summed E-state index contributed by atoms with van der Waals surface area (Å²) >= 11 is 0. The molecule has 1 aliphatic heterocycles. The van der Waals surface area contributed by atoms with Gasteiger partial charge in [-0.3, -0.25) is 9.48 Å². The minimum Gasteiger partial charge on any atom is -0.342 e. The summed E-state index contributed by atoms with van der Waals surface area (Å²) in [6.07, 6.45) is 5.45. The van der Waals surface area contributed by atoms with Crippen molar-refractivity contribution in [3.63, 3.8) is 0 Å². The number of amides is 1. The van der Waals surface area contributed by atoms with Crippen molar-refractivity contribution < 1.29 is 4.79 Å². The molecule has 1 fully saturated rings. The van der Waals surface area contributed by atoms with Gasteiger partial charge in [0.2, 0.25) is 5.91 Å². The van der Waals surface area contributed by atoms with Gasteiger partial charge in [-0.05, 0) is 32.6 Å². The Bertz CT molecular complexity index is 415. The number of aromatic nitrogens is 3. The summed E-state index contributed by atoms with van der Waals surface area (Å²) in [5, 5.41) is 4.13. The lowest BCUT2D eigenvalue weighted by Crippen LogP contribution is -2.49. The van der Waals surface area contributed by atoms with Crippen LogP contribution in [0, 0.1) is 11.3 Å². The molecule has 1 aromatic rings.